The molecule has 1 heterocycles. The predicted octanol–water partition coefficient (Wildman–Crippen LogP) is -1.62. The Morgan fingerprint density at radius 1 is 1.85 bits per heavy atom. The maximum Gasteiger partial charge on any atom is 0.269 e. The summed E-state index contributed by atoms with van der Waals surface area (Å²) in [6.45, 7) is 0. The number of rotatable bonds is 3. The van der Waals surface area contributed by atoms with Crippen molar-refractivity contribution in [1.29, 1.82) is 5.26 Å². The summed E-state index contributed by atoms with van der Waals surface area (Å²) in [5.74, 6) is -0.471. The highest BCUT2D eigenvalue weighted by Crippen LogP contribution is 1.94. The Bertz CT molecular complexity index is 312. The van der Waals surface area contributed by atoms with E-state index in [1.54, 1.807) is 6.07 Å². The number of H-pyrrole nitrogens is 1. The summed E-state index contributed by atoms with van der Waals surface area (Å²) in [5.41, 5.74) is 5.32. The van der Waals surface area contributed by atoms with Crippen LogP contribution in [0.15, 0.2) is 0 Å². The number of tetrazole rings is 1. The number of hydrogen-bond donors (Lipinski definition) is 3. The van der Waals surface area contributed by atoms with Crippen molar-refractivity contribution in [1.82, 2.24) is 20.6 Å². The minimum absolute atomic E-state index is 0.0402. The lowest BCUT2D eigenvalue weighted by Crippen LogP contribution is -2.35. The van der Waals surface area contributed by atoms with Crippen LogP contribution in [-0.4, -0.2) is 32.6 Å². The van der Waals surface area contributed by atoms with Crippen molar-refractivity contribution in [3.63, 3.8) is 0 Å². The molecule has 1 aromatic rings. The van der Waals surface area contributed by atoms with Gasteiger partial charge in [0.25, 0.3) is 5.95 Å². The molecule has 0 bridgehead atoms. The van der Waals surface area contributed by atoms with Gasteiger partial charge in [-0.1, -0.05) is 5.10 Å². The molecule has 1 amide bonds. The first-order chi connectivity index (χ1) is 6.24. The minimum Gasteiger partial charge on any atom is -0.319 e. The van der Waals surface area contributed by atoms with E-state index in [2.05, 4.69) is 25.9 Å². The predicted molar refractivity (Wildman–Crippen MR) is 41.0 cm³/mol. The van der Waals surface area contributed by atoms with Crippen LogP contribution in [0.3, 0.4) is 0 Å². The topological polar surface area (TPSA) is 133 Å². The second-order valence-electron chi connectivity index (χ2n) is 2.19. The number of nitriles is 1. The van der Waals surface area contributed by atoms with Crippen molar-refractivity contribution in [2.75, 3.05) is 5.32 Å². The normalized spacial score (nSPS) is 11.7. The number of nitrogens with zero attached hydrogens (tertiary/aromatic N) is 4. The maximum absolute atomic E-state index is 11.1. The average molecular weight is 181 g/mol. The first-order valence-corrected chi connectivity index (χ1v) is 3.41. The highest BCUT2D eigenvalue weighted by Gasteiger charge is 2.14. The Labute approximate surface area is 73.1 Å². The number of aromatic amines is 1. The number of nitrogens with one attached hydrogen (secondary N) is 2. The minimum atomic E-state index is -0.872. The zero-order valence-corrected chi connectivity index (χ0v) is 6.56. The second kappa shape index (κ2) is 4.13. The molecule has 8 nitrogen and oxygen atoms in total. The number of anilines is 1. The first kappa shape index (κ1) is 9.08. The third-order valence-corrected chi connectivity index (χ3v) is 1.23. The van der Waals surface area contributed by atoms with Crippen molar-refractivity contribution in [2.45, 2.75) is 12.5 Å². The fraction of sp³-hybridized carbons (Fsp3) is 0.400. The highest BCUT2D eigenvalue weighted by molar-refractivity contribution is 5.93. The van der Waals surface area contributed by atoms with Crippen LogP contribution in [0.25, 0.3) is 0 Å². The Kier molecular flexibility index (Phi) is 2.88. The largest absolute Gasteiger partial charge is 0.319 e. The van der Waals surface area contributed by atoms with Gasteiger partial charge in [0, 0.05) is 0 Å². The van der Waals surface area contributed by atoms with Crippen molar-refractivity contribution in [2.24, 2.45) is 5.73 Å². The maximum atomic E-state index is 11.1. The van der Waals surface area contributed by atoms with Crippen molar-refractivity contribution >= 4 is 11.9 Å². The smallest absolute Gasteiger partial charge is 0.269 e. The lowest BCUT2D eigenvalue weighted by Gasteiger charge is -2.04. The van der Waals surface area contributed by atoms with E-state index in [9.17, 15) is 4.79 Å². The van der Waals surface area contributed by atoms with Crippen molar-refractivity contribution in [3.05, 3.63) is 0 Å². The average Bonchev–Trinajstić information content (AvgIpc) is 2.57. The Balaban J connectivity index is 2.47. The van der Waals surface area contributed by atoms with E-state index in [0.29, 0.717) is 0 Å². The van der Waals surface area contributed by atoms with E-state index in [0.717, 1.165) is 0 Å². The Morgan fingerprint density at radius 2 is 2.62 bits per heavy atom. The molecule has 1 atom stereocenters. The molecule has 0 radical (unpaired) electrons. The summed E-state index contributed by atoms with van der Waals surface area (Å²) in [6.07, 6.45) is -0.0519. The van der Waals surface area contributed by atoms with Gasteiger partial charge in [-0.3, -0.25) is 10.1 Å². The number of nitrogens with two attached hydrogens (primary N) is 1. The molecule has 0 aliphatic rings. The van der Waals surface area contributed by atoms with Gasteiger partial charge in [0.2, 0.25) is 5.91 Å². The van der Waals surface area contributed by atoms with Crippen LogP contribution in [0, 0.1) is 11.3 Å². The molecule has 1 aromatic heterocycles. The van der Waals surface area contributed by atoms with Gasteiger partial charge in [-0.05, 0) is 5.21 Å². The molecular weight excluding hydrogens is 174 g/mol. The van der Waals surface area contributed by atoms with Gasteiger partial charge < -0.3 is 5.73 Å². The summed E-state index contributed by atoms with van der Waals surface area (Å²) in [6, 6.07) is 0.906. The molecule has 8 heteroatoms. The van der Waals surface area contributed by atoms with E-state index >= 15 is 0 Å². The molecule has 0 spiro atoms. The number of aromatic nitrogens is 4. The Hall–Kier alpha value is -2.01. The van der Waals surface area contributed by atoms with Gasteiger partial charge in [-0.25, -0.2) is 0 Å². The molecule has 68 valence electrons. The first-order valence-electron chi connectivity index (χ1n) is 3.41. The number of hydrogen-bond acceptors (Lipinski definition) is 6. The van der Waals surface area contributed by atoms with Crippen LogP contribution in [0.4, 0.5) is 5.95 Å². The van der Waals surface area contributed by atoms with Crippen LogP contribution >= 0.6 is 0 Å². The lowest BCUT2D eigenvalue weighted by atomic mass is 10.2. The molecular formula is C5H7N7O. The number of amides is 1. The zero-order chi connectivity index (χ0) is 9.68. The van der Waals surface area contributed by atoms with Gasteiger partial charge >= 0.3 is 0 Å². The van der Waals surface area contributed by atoms with Crippen LogP contribution in [-0.2, 0) is 4.79 Å². The van der Waals surface area contributed by atoms with Gasteiger partial charge in [-0.2, -0.15) is 10.5 Å². The molecule has 0 saturated carbocycles. The molecule has 0 aliphatic carbocycles. The zero-order valence-electron chi connectivity index (χ0n) is 6.56. The fourth-order valence-corrected chi connectivity index (χ4v) is 0.609. The quantitative estimate of drug-likeness (QED) is 0.513. The number of carbonyl (C=O) groups excluding carboxylic acids is 1. The molecule has 0 aliphatic heterocycles. The van der Waals surface area contributed by atoms with E-state index in [1.807, 2.05) is 0 Å². The highest BCUT2D eigenvalue weighted by atomic mass is 16.2. The fourth-order valence-electron chi connectivity index (χ4n) is 0.609. The summed E-state index contributed by atoms with van der Waals surface area (Å²) >= 11 is 0. The summed E-state index contributed by atoms with van der Waals surface area (Å²) in [5, 5.41) is 22.9. The van der Waals surface area contributed by atoms with Gasteiger partial charge in [0.1, 0.15) is 0 Å². The van der Waals surface area contributed by atoms with E-state index < -0.39 is 11.9 Å². The third kappa shape index (κ3) is 2.49. The summed E-state index contributed by atoms with van der Waals surface area (Å²) in [4.78, 5) is 11.1. The molecule has 13 heavy (non-hydrogen) atoms. The molecule has 4 N–H and O–H groups in total. The monoisotopic (exact) mass is 181 g/mol. The van der Waals surface area contributed by atoms with Gasteiger partial charge in [-0.15, -0.1) is 5.10 Å². The molecule has 1 rings (SSSR count). The number of carbonyl (C=O) groups is 1. The summed E-state index contributed by atoms with van der Waals surface area (Å²) in [7, 11) is 0. The van der Waals surface area contributed by atoms with Crippen LogP contribution in [0.2, 0.25) is 0 Å². The molecule has 0 unspecified atom stereocenters. The molecule has 0 aromatic carbocycles. The summed E-state index contributed by atoms with van der Waals surface area (Å²) < 4.78 is 0. The van der Waals surface area contributed by atoms with Crippen molar-refractivity contribution < 1.29 is 4.79 Å². The van der Waals surface area contributed by atoms with Gasteiger partial charge in [0.15, 0.2) is 0 Å². The SMILES string of the molecule is N#CC[C@@H](N)C(=O)Nc1nn[nH]n1. The van der Waals surface area contributed by atoms with Gasteiger partial charge in [0.05, 0.1) is 18.5 Å². The van der Waals surface area contributed by atoms with Crippen LogP contribution in [0.1, 0.15) is 6.42 Å². The third-order valence-electron chi connectivity index (χ3n) is 1.23. The van der Waals surface area contributed by atoms with E-state index in [-0.39, 0.29) is 12.4 Å². The second-order valence-corrected chi connectivity index (χ2v) is 2.19. The molecule has 0 saturated heterocycles. The van der Waals surface area contributed by atoms with Crippen molar-refractivity contribution in [3.8, 4) is 6.07 Å². The Morgan fingerprint density at radius 3 is 3.15 bits per heavy atom. The van der Waals surface area contributed by atoms with Crippen LogP contribution < -0.4 is 11.1 Å². The molecule has 0 fully saturated rings. The van der Waals surface area contributed by atoms with Crippen LogP contribution in [0.5, 0.6) is 0 Å². The van der Waals surface area contributed by atoms with E-state index in [1.165, 1.54) is 0 Å². The van der Waals surface area contributed by atoms with E-state index in [4.69, 9.17) is 11.0 Å². The standard InChI is InChI=1S/C5H7N7O/c6-2-1-3(7)4(13)8-5-9-11-12-10-5/h3H,1,7H2,(H2,8,9,10,11,12,13)/t3-/m1/s1. The lowest BCUT2D eigenvalue weighted by molar-refractivity contribution is -0.117.